The number of aliphatic hydroxyl groups is 1. The standard InChI is InChI=1S/C42H48F2N4O5S/c1-41(43,44)25-54(51,52)45-39(49)28-13-15-33-36(17-28)47-24-42(40(50)48-29-18-30(48)23-46(22-29)21-26-9-5-3-6-10-26)20-35(42)34-19-31(53-2)14-16-32(34)38(47)37(33)27-11-7-4-8-12-27/h3,5-6,9-10,13-17,19,27,29-30,35,40,50H,4,7-8,11-12,18,20-25H2,1-2H3,(H,45,49). The fraction of sp³-hybridized carbons (Fsp3) is 0.500. The van der Waals surface area contributed by atoms with Crippen LogP contribution in [0.25, 0.3) is 22.2 Å². The first-order valence-corrected chi connectivity index (χ1v) is 21.0. The monoisotopic (exact) mass is 758 g/mol. The number of nitrogens with zero attached hydrogens (tertiary/aromatic N) is 3. The molecule has 54 heavy (non-hydrogen) atoms. The van der Waals surface area contributed by atoms with Gasteiger partial charge in [0.05, 0.1) is 12.8 Å². The largest absolute Gasteiger partial charge is 0.497 e. The summed E-state index contributed by atoms with van der Waals surface area (Å²) in [6, 6.07) is 22.5. The van der Waals surface area contributed by atoms with Crippen LogP contribution >= 0.6 is 0 Å². The highest BCUT2D eigenvalue weighted by Crippen LogP contribution is 2.68. The van der Waals surface area contributed by atoms with E-state index in [-0.39, 0.29) is 23.6 Å². The molecule has 12 heteroatoms. The number of alkyl halides is 2. The number of aliphatic hydroxyl groups excluding tert-OH is 1. The van der Waals surface area contributed by atoms with E-state index in [4.69, 9.17) is 4.74 Å². The van der Waals surface area contributed by atoms with Crippen LogP contribution in [-0.2, 0) is 23.1 Å². The highest BCUT2D eigenvalue weighted by Gasteiger charge is 2.66. The molecule has 5 unspecified atom stereocenters. The number of aromatic nitrogens is 1. The second-order valence-corrected chi connectivity index (χ2v) is 18.4. The topological polar surface area (TPSA) is 104 Å². The molecule has 9 nitrogen and oxygen atoms in total. The summed E-state index contributed by atoms with van der Waals surface area (Å²) in [6.45, 7) is 3.70. The summed E-state index contributed by atoms with van der Waals surface area (Å²) < 4.78 is 62.5. The van der Waals surface area contributed by atoms with Crippen LogP contribution in [0.4, 0.5) is 8.78 Å². The van der Waals surface area contributed by atoms with Crippen LogP contribution in [0, 0.1) is 5.41 Å². The molecule has 0 spiro atoms. The molecule has 2 aliphatic carbocycles. The fourth-order valence-electron chi connectivity index (χ4n) is 10.5. The van der Waals surface area contributed by atoms with Gasteiger partial charge in [0.2, 0.25) is 10.0 Å². The van der Waals surface area contributed by atoms with Crippen molar-refractivity contribution >= 4 is 26.8 Å². The van der Waals surface area contributed by atoms with Gasteiger partial charge in [-0.15, -0.1) is 0 Å². The number of rotatable bonds is 10. The van der Waals surface area contributed by atoms with E-state index < -0.39 is 39.2 Å². The third kappa shape index (κ3) is 6.23. The highest BCUT2D eigenvalue weighted by atomic mass is 32.2. The molecule has 5 atom stereocenters. The van der Waals surface area contributed by atoms with E-state index in [1.165, 1.54) is 17.5 Å². The lowest BCUT2D eigenvalue weighted by molar-refractivity contribution is -0.186. The Kier molecular flexibility index (Phi) is 8.72. The summed E-state index contributed by atoms with van der Waals surface area (Å²) in [6.07, 6.45) is 6.66. The predicted molar refractivity (Wildman–Crippen MR) is 203 cm³/mol. The Morgan fingerprint density at radius 2 is 1.78 bits per heavy atom. The van der Waals surface area contributed by atoms with Crippen molar-refractivity contribution in [2.75, 3.05) is 26.0 Å². The van der Waals surface area contributed by atoms with Crippen LogP contribution < -0.4 is 9.46 Å². The van der Waals surface area contributed by atoms with Crippen LogP contribution in [0.2, 0.25) is 0 Å². The number of piperidine rings is 1. The van der Waals surface area contributed by atoms with E-state index in [9.17, 15) is 27.1 Å². The molecule has 4 aromatic rings. The summed E-state index contributed by atoms with van der Waals surface area (Å²) >= 11 is 0. The van der Waals surface area contributed by atoms with Gasteiger partial charge in [0, 0.05) is 72.6 Å². The zero-order valence-corrected chi connectivity index (χ0v) is 31.6. The summed E-state index contributed by atoms with van der Waals surface area (Å²) in [7, 11) is -2.92. The van der Waals surface area contributed by atoms with E-state index >= 15 is 0 Å². The number of fused-ring (bicyclic) bond motifs is 9. The number of amides is 1. The van der Waals surface area contributed by atoms with E-state index in [1.54, 1.807) is 19.2 Å². The average Bonchev–Trinajstić information content (AvgIpc) is 3.81. The molecular weight excluding hydrogens is 711 g/mol. The molecule has 286 valence electrons. The van der Waals surface area contributed by atoms with Gasteiger partial charge in [-0.3, -0.25) is 14.6 Å². The summed E-state index contributed by atoms with van der Waals surface area (Å²) in [5, 5.41) is 13.6. The molecule has 3 aromatic carbocycles. The zero-order valence-electron chi connectivity index (χ0n) is 30.8. The number of methoxy groups -OCH3 is 1. The summed E-state index contributed by atoms with van der Waals surface area (Å²) in [4.78, 5) is 18.3. The molecule has 10 rings (SSSR count). The number of sulfonamides is 1. The number of halogens is 2. The van der Waals surface area contributed by atoms with Crippen molar-refractivity contribution in [1.82, 2.24) is 19.1 Å². The Morgan fingerprint density at radius 1 is 1.04 bits per heavy atom. The lowest BCUT2D eigenvalue weighted by Crippen LogP contribution is -2.72. The molecular formula is C42H48F2N4O5S. The maximum Gasteiger partial charge on any atom is 0.264 e. The predicted octanol–water partition coefficient (Wildman–Crippen LogP) is 6.84. The maximum atomic E-state index is 13.7. The van der Waals surface area contributed by atoms with Crippen LogP contribution in [0.1, 0.15) is 90.8 Å². The van der Waals surface area contributed by atoms with Gasteiger partial charge in [-0.25, -0.2) is 21.9 Å². The zero-order chi connectivity index (χ0) is 37.6. The fourth-order valence-corrected chi connectivity index (χ4v) is 11.6. The first kappa shape index (κ1) is 35.8. The van der Waals surface area contributed by atoms with Gasteiger partial charge in [0.25, 0.3) is 11.8 Å². The van der Waals surface area contributed by atoms with Crippen LogP contribution in [0.15, 0.2) is 66.7 Å². The Morgan fingerprint density at radius 3 is 2.48 bits per heavy atom. The first-order valence-electron chi connectivity index (χ1n) is 19.3. The molecule has 1 amide bonds. The van der Waals surface area contributed by atoms with Crippen molar-refractivity contribution in [3.05, 3.63) is 89.0 Å². The number of benzene rings is 3. The second kappa shape index (κ2) is 13.1. The molecule has 2 N–H and O–H groups in total. The summed E-state index contributed by atoms with van der Waals surface area (Å²) in [5.74, 6) is -4.78. The average molecular weight is 759 g/mol. The van der Waals surface area contributed by atoms with Gasteiger partial charge >= 0.3 is 0 Å². The summed E-state index contributed by atoms with van der Waals surface area (Å²) in [5.41, 5.74) is 6.22. The Balaban J connectivity index is 1.12. The van der Waals surface area contributed by atoms with Crippen LogP contribution in [0.3, 0.4) is 0 Å². The van der Waals surface area contributed by atoms with E-state index in [0.29, 0.717) is 19.4 Å². The first-order chi connectivity index (χ1) is 25.8. The minimum absolute atomic E-state index is 0.0814. The lowest BCUT2D eigenvalue weighted by atomic mass is 9.81. The van der Waals surface area contributed by atoms with Gasteiger partial charge < -0.3 is 14.4 Å². The van der Waals surface area contributed by atoms with E-state index in [1.807, 2.05) is 22.9 Å². The quantitative estimate of drug-likeness (QED) is 0.183. The third-order valence-electron chi connectivity index (χ3n) is 12.9. The van der Waals surface area contributed by atoms with E-state index in [2.05, 4.69) is 50.8 Å². The number of hydrogen-bond acceptors (Lipinski definition) is 7. The van der Waals surface area contributed by atoms with Gasteiger partial charge in [-0.1, -0.05) is 55.7 Å². The number of ether oxygens (including phenoxy) is 1. The SMILES string of the molecule is COc1ccc2c(c1)C1CC1(C(O)N1C3CC1CN(Cc1ccccc1)C3)Cn1c-2c(C2CCCCC2)c2ccc(C(=O)NS(=O)(=O)CC(C)(F)F)cc21. The highest BCUT2D eigenvalue weighted by molar-refractivity contribution is 7.90. The smallest absolute Gasteiger partial charge is 0.264 e. The number of nitrogens with one attached hydrogen (secondary N) is 1. The number of hydrogen-bond donors (Lipinski definition) is 2. The van der Waals surface area contributed by atoms with Crippen molar-refractivity contribution in [2.45, 2.75) is 101 Å². The lowest BCUT2D eigenvalue weighted by Gasteiger charge is -2.59. The molecule has 5 fully saturated rings. The minimum atomic E-state index is -4.59. The number of carbonyl (C=O) groups is 1. The minimum Gasteiger partial charge on any atom is -0.497 e. The Bertz CT molecular complexity index is 2200. The van der Waals surface area contributed by atoms with Crippen molar-refractivity contribution in [2.24, 2.45) is 5.41 Å². The molecule has 1 aromatic heterocycles. The van der Waals surface area contributed by atoms with Crippen molar-refractivity contribution in [1.29, 1.82) is 0 Å². The van der Waals surface area contributed by atoms with Gasteiger partial charge in [0.1, 0.15) is 17.7 Å². The number of carbonyl (C=O) groups excluding carboxylic acids is 1. The second-order valence-electron chi connectivity index (χ2n) is 16.7. The van der Waals surface area contributed by atoms with Gasteiger partial charge in [0.15, 0.2) is 0 Å². The van der Waals surface area contributed by atoms with Crippen LogP contribution in [-0.4, -0.2) is 84.0 Å². The Labute approximate surface area is 315 Å². The molecule has 0 radical (unpaired) electrons. The number of piperazine rings is 1. The van der Waals surface area contributed by atoms with Crippen molar-refractivity contribution < 1.29 is 31.8 Å². The third-order valence-corrected chi connectivity index (χ3v) is 14.3. The normalized spacial score (nSPS) is 26.2. The van der Waals surface area contributed by atoms with Crippen molar-refractivity contribution in [3.63, 3.8) is 0 Å². The van der Waals surface area contributed by atoms with Crippen molar-refractivity contribution in [3.8, 4) is 17.0 Å². The Hall–Kier alpha value is -3.84. The molecule has 2 bridgehead atoms. The molecule has 5 heterocycles. The molecule has 3 saturated heterocycles. The molecule has 6 aliphatic rings. The maximum absolute atomic E-state index is 13.7. The van der Waals surface area contributed by atoms with Gasteiger partial charge in [-0.05, 0) is 84.5 Å². The molecule has 4 aliphatic heterocycles. The van der Waals surface area contributed by atoms with E-state index in [0.717, 1.165) is 91.6 Å². The van der Waals surface area contributed by atoms with Gasteiger partial charge in [-0.2, -0.15) is 0 Å². The van der Waals surface area contributed by atoms with Crippen LogP contribution in [0.5, 0.6) is 5.75 Å². The molecule has 2 saturated carbocycles.